The molecule has 1 aliphatic heterocycles. The Morgan fingerprint density at radius 3 is 0.846 bits per heavy atom. The minimum absolute atomic E-state index is 0.597. The Morgan fingerprint density at radius 2 is 0.590 bits per heavy atom. The molecule has 0 spiro atoms. The van der Waals surface area contributed by atoms with Gasteiger partial charge in [0.15, 0.2) is 12.4 Å². The molecule has 0 bridgehead atoms. The molecule has 1 rings (SSSR count). The molecule has 39 heavy (non-hydrogen) atoms. The molecule has 0 aromatic carbocycles. The molecule has 2 nitrogen and oxygen atoms in total. The summed E-state index contributed by atoms with van der Waals surface area (Å²) in [5.41, 5.74) is 0. The van der Waals surface area contributed by atoms with Crippen molar-refractivity contribution in [1.29, 1.82) is 0 Å². The van der Waals surface area contributed by atoms with Crippen LogP contribution in [0.15, 0.2) is 9.98 Å². The van der Waals surface area contributed by atoms with Crippen molar-refractivity contribution in [3.8, 4) is 0 Å². The van der Waals surface area contributed by atoms with Crippen LogP contribution in [0.25, 0.3) is 0 Å². The quantitative estimate of drug-likeness (QED) is 0.0595. The molecular weight excluding hydrogens is 472 g/mol. The number of hydrogen-bond acceptors (Lipinski definition) is 2. The van der Waals surface area contributed by atoms with E-state index in [0.29, 0.717) is 5.92 Å². The summed E-state index contributed by atoms with van der Waals surface area (Å²) in [5, 5.41) is 0. The van der Waals surface area contributed by atoms with Crippen LogP contribution in [0.2, 0.25) is 0 Å². The zero-order valence-electron chi connectivity index (χ0n) is 27.0. The van der Waals surface area contributed by atoms with Gasteiger partial charge in [-0.3, -0.25) is 0 Å². The van der Waals surface area contributed by atoms with Gasteiger partial charge < -0.3 is 0 Å². The van der Waals surface area contributed by atoms with Crippen LogP contribution in [0.3, 0.4) is 0 Å². The molecule has 228 valence electrons. The van der Waals surface area contributed by atoms with Gasteiger partial charge in [-0.25, -0.2) is 0 Å². The molecule has 1 atom stereocenters. The molecule has 0 aliphatic carbocycles. The molecule has 0 saturated heterocycles. The van der Waals surface area contributed by atoms with Crippen molar-refractivity contribution in [2.75, 3.05) is 0 Å². The maximum Gasteiger partial charge on any atom is 0.243 e. The monoisotopic (exact) mass is 544 g/mol. The highest BCUT2D eigenvalue weighted by Crippen LogP contribution is 2.30. The molecule has 0 aromatic rings. The first kappa shape index (κ1) is 36.2. The third-order valence-electron chi connectivity index (χ3n) is 8.91. The van der Waals surface area contributed by atoms with Crippen molar-refractivity contribution in [2.24, 2.45) is 15.9 Å². The van der Waals surface area contributed by atoms with E-state index in [2.05, 4.69) is 23.8 Å². The van der Waals surface area contributed by atoms with Crippen molar-refractivity contribution < 1.29 is 0 Å². The predicted octanol–water partition coefficient (Wildman–Crippen LogP) is 13.4. The second-order valence-electron chi connectivity index (χ2n) is 12.7. The molecule has 0 saturated carbocycles. The first-order chi connectivity index (χ1) is 19.4. The second-order valence-corrected chi connectivity index (χ2v) is 12.7. The average molecular weight is 544 g/mol. The second kappa shape index (κ2) is 30.2. The van der Waals surface area contributed by atoms with E-state index in [4.69, 9.17) is 0 Å². The SMILES string of the molecule is CCCCCCCCCCCCCCCCCCCC(CCCCCCCCCCCCCC)[C+]1N=CC=N1. The van der Waals surface area contributed by atoms with Crippen LogP contribution in [0.1, 0.15) is 213 Å². The fourth-order valence-electron chi connectivity index (χ4n) is 6.21. The zero-order chi connectivity index (χ0) is 27.9. The van der Waals surface area contributed by atoms with Gasteiger partial charge in [-0.15, -0.1) is 0 Å². The van der Waals surface area contributed by atoms with Gasteiger partial charge >= 0.3 is 0 Å². The van der Waals surface area contributed by atoms with E-state index in [0.717, 1.165) is 6.17 Å². The number of nitrogens with zero attached hydrogens (tertiary/aromatic N) is 2. The van der Waals surface area contributed by atoms with Crippen LogP contribution in [-0.4, -0.2) is 12.4 Å². The van der Waals surface area contributed by atoms with E-state index >= 15 is 0 Å². The maximum absolute atomic E-state index is 4.58. The molecule has 2 heteroatoms. The fourth-order valence-corrected chi connectivity index (χ4v) is 6.21. The van der Waals surface area contributed by atoms with Gasteiger partial charge in [0.05, 0.1) is 5.92 Å². The molecule has 1 unspecified atom stereocenters. The maximum atomic E-state index is 4.58. The number of aliphatic imine (C=N–C) groups is 2. The lowest BCUT2D eigenvalue weighted by Gasteiger charge is -2.14. The Kier molecular flexibility index (Phi) is 28.0. The van der Waals surface area contributed by atoms with Crippen molar-refractivity contribution in [1.82, 2.24) is 0 Å². The first-order valence-electron chi connectivity index (χ1n) is 18.3. The molecule has 1 aliphatic rings. The Balaban J connectivity index is 1.90. The molecule has 0 radical (unpaired) electrons. The Labute approximate surface area is 247 Å². The van der Waals surface area contributed by atoms with Gasteiger partial charge in [0.25, 0.3) is 0 Å². The van der Waals surface area contributed by atoms with Crippen LogP contribution in [0.4, 0.5) is 0 Å². The Hall–Kier alpha value is -0.790. The molecule has 0 aromatic heterocycles. The van der Waals surface area contributed by atoms with Gasteiger partial charge in [0.2, 0.25) is 6.17 Å². The van der Waals surface area contributed by atoms with E-state index in [1.807, 2.05) is 12.4 Å². The van der Waals surface area contributed by atoms with Gasteiger partial charge in [-0.05, 0) is 12.8 Å². The van der Waals surface area contributed by atoms with Crippen LogP contribution < -0.4 is 0 Å². The third kappa shape index (κ3) is 24.7. The largest absolute Gasteiger partial charge is 0.243 e. The lowest BCUT2D eigenvalue weighted by Crippen LogP contribution is -2.08. The first-order valence-corrected chi connectivity index (χ1v) is 18.3. The van der Waals surface area contributed by atoms with Gasteiger partial charge in [-0.1, -0.05) is 210 Å². The highest BCUT2D eigenvalue weighted by atomic mass is 15.0. The van der Waals surface area contributed by atoms with Crippen LogP contribution in [0, 0.1) is 12.1 Å². The van der Waals surface area contributed by atoms with E-state index in [1.54, 1.807) is 0 Å². The molecular formula is C37H71N2+. The standard InChI is InChI=1S/C37H71N2/c1-3-5-7-9-11-13-15-17-18-19-20-21-23-25-27-29-31-33-36(37-38-34-35-39-37)32-30-28-26-24-22-16-14-12-10-8-6-4-2/h34-36H,3-33H2,1-2H3/q+1. The molecule has 0 fully saturated rings. The molecule has 0 N–H and O–H groups in total. The smallest absolute Gasteiger partial charge is 0.0965 e. The van der Waals surface area contributed by atoms with Crippen molar-refractivity contribution in [2.45, 2.75) is 213 Å². The molecule has 0 amide bonds. The molecule has 1 heterocycles. The number of hydrogen-bond donors (Lipinski definition) is 0. The summed E-state index contributed by atoms with van der Waals surface area (Å²) in [6, 6.07) is 0. The highest BCUT2D eigenvalue weighted by molar-refractivity contribution is 6.18. The minimum Gasteiger partial charge on any atom is -0.0965 e. The normalized spacial score (nSPS) is 13.6. The Morgan fingerprint density at radius 1 is 0.359 bits per heavy atom. The van der Waals surface area contributed by atoms with Crippen molar-refractivity contribution in [3.63, 3.8) is 0 Å². The van der Waals surface area contributed by atoms with E-state index in [1.165, 1.54) is 199 Å². The van der Waals surface area contributed by atoms with Crippen molar-refractivity contribution >= 4 is 12.4 Å². The highest BCUT2D eigenvalue weighted by Gasteiger charge is 2.27. The van der Waals surface area contributed by atoms with E-state index in [9.17, 15) is 0 Å². The lowest BCUT2D eigenvalue weighted by molar-refractivity contribution is 0.409. The van der Waals surface area contributed by atoms with Crippen LogP contribution in [0.5, 0.6) is 0 Å². The van der Waals surface area contributed by atoms with Crippen LogP contribution >= 0.6 is 0 Å². The minimum atomic E-state index is 0.597. The average Bonchev–Trinajstić information content (AvgIpc) is 3.49. The third-order valence-corrected chi connectivity index (χ3v) is 8.91. The summed E-state index contributed by atoms with van der Waals surface area (Å²) < 4.78 is 0. The summed E-state index contributed by atoms with van der Waals surface area (Å²) in [7, 11) is 0. The Bertz CT molecular complexity index is 514. The van der Waals surface area contributed by atoms with E-state index in [-0.39, 0.29) is 0 Å². The summed E-state index contributed by atoms with van der Waals surface area (Å²) in [4.78, 5) is 9.15. The van der Waals surface area contributed by atoms with Crippen LogP contribution in [-0.2, 0) is 0 Å². The summed E-state index contributed by atoms with van der Waals surface area (Å²) in [6.45, 7) is 4.61. The van der Waals surface area contributed by atoms with Gasteiger partial charge in [0.1, 0.15) is 0 Å². The topological polar surface area (TPSA) is 24.7 Å². The van der Waals surface area contributed by atoms with Crippen molar-refractivity contribution in [3.05, 3.63) is 6.17 Å². The summed E-state index contributed by atoms with van der Waals surface area (Å²) >= 11 is 0. The zero-order valence-corrected chi connectivity index (χ0v) is 27.0. The van der Waals surface area contributed by atoms with Gasteiger partial charge in [-0.2, -0.15) is 0 Å². The number of unbranched alkanes of at least 4 members (excludes halogenated alkanes) is 27. The summed E-state index contributed by atoms with van der Waals surface area (Å²) in [6.07, 6.45) is 49.1. The van der Waals surface area contributed by atoms with E-state index < -0.39 is 0 Å². The number of rotatable bonds is 32. The lowest BCUT2D eigenvalue weighted by atomic mass is 9.92. The predicted molar refractivity (Wildman–Crippen MR) is 178 cm³/mol. The van der Waals surface area contributed by atoms with Gasteiger partial charge in [0, 0.05) is 0 Å². The fraction of sp³-hybridized carbons (Fsp3) is 0.919. The summed E-state index contributed by atoms with van der Waals surface area (Å²) in [5.74, 6) is 0.597.